The van der Waals surface area contributed by atoms with Gasteiger partial charge in [0.2, 0.25) is 5.88 Å². The fraction of sp³-hybridized carbons (Fsp3) is 0.500. The highest BCUT2D eigenvalue weighted by Gasteiger charge is 2.34. The van der Waals surface area contributed by atoms with E-state index >= 15 is 0 Å². The Morgan fingerprint density at radius 2 is 1.55 bits per heavy atom. The number of fused-ring (bicyclic) bond motifs is 1. The second kappa shape index (κ2) is 10.8. The molecule has 0 aromatic carbocycles. The van der Waals surface area contributed by atoms with Crippen molar-refractivity contribution in [2.24, 2.45) is 0 Å². The molecular formula is C26H32N6O6. The first-order chi connectivity index (χ1) is 17.9. The van der Waals surface area contributed by atoms with E-state index in [9.17, 15) is 9.59 Å². The van der Waals surface area contributed by atoms with E-state index in [0.717, 1.165) is 17.7 Å². The maximum absolute atomic E-state index is 13.0. The van der Waals surface area contributed by atoms with Gasteiger partial charge in [-0.2, -0.15) is 9.88 Å². The fourth-order valence-electron chi connectivity index (χ4n) is 3.56. The zero-order valence-corrected chi connectivity index (χ0v) is 22.4. The number of carbonyl (C=O) groups is 2. The predicted molar refractivity (Wildman–Crippen MR) is 138 cm³/mol. The quantitative estimate of drug-likeness (QED) is 0.468. The van der Waals surface area contributed by atoms with E-state index in [-0.39, 0.29) is 11.9 Å². The molecule has 0 N–H and O–H groups in total. The molecule has 1 aliphatic rings. The van der Waals surface area contributed by atoms with Gasteiger partial charge in [0.15, 0.2) is 11.3 Å². The van der Waals surface area contributed by atoms with Gasteiger partial charge in [-0.05, 0) is 53.7 Å². The van der Waals surface area contributed by atoms with E-state index in [1.165, 1.54) is 18.7 Å². The van der Waals surface area contributed by atoms with E-state index in [1.807, 2.05) is 0 Å². The smallest absolute Gasteiger partial charge is 0.425 e. The van der Waals surface area contributed by atoms with Crippen LogP contribution in [0.2, 0.25) is 0 Å². The predicted octanol–water partition coefficient (Wildman–Crippen LogP) is 4.72. The van der Waals surface area contributed by atoms with Crippen molar-refractivity contribution in [3.05, 3.63) is 30.9 Å². The van der Waals surface area contributed by atoms with Crippen LogP contribution >= 0.6 is 0 Å². The highest BCUT2D eigenvalue weighted by atomic mass is 16.6. The van der Waals surface area contributed by atoms with Crippen molar-refractivity contribution in [2.45, 2.75) is 71.7 Å². The van der Waals surface area contributed by atoms with Crippen LogP contribution in [0.15, 0.2) is 30.9 Å². The standard InChI is InChI=1S/C26H32N6O6/c1-25(2,3)37-23(33)32(24(34)38-26(4,5)6)20-14-27-13-19(30-20)17-7-8-18-21(31-17)22(29-15-28-18)36-16-9-11-35-12-10-16/h7-8,13-16H,9-12H2,1-6H3. The Hall–Kier alpha value is -3.93. The van der Waals surface area contributed by atoms with Gasteiger partial charge < -0.3 is 18.9 Å². The average Bonchev–Trinajstić information content (AvgIpc) is 2.83. The van der Waals surface area contributed by atoms with Gasteiger partial charge in [0.1, 0.15) is 29.3 Å². The number of pyridine rings is 1. The summed E-state index contributed by atoms with van der Waals surface area (Å²) in [5.74, 6) is 0.285. The largest absolute Gasteiger partial charge is 0.473 e. The molecule has 1 aliphatic heterocycles. The number of hydrogen-bond acceptors (Lipinski definition) is 11. The second-order valence-electron chi connectivity index (χ2n) is 10.7. The monoisotopic (exact) mass is 524 g/mol. The normalized spacial score (nSPS) is 14.7. The zero-order chi connectivity index (χ0) is 27.5. The Labute approximate surface area is 220 Å². The second-order valence-corrected chi connectivity index (χ2v) is 10.7. The lowest BCUT2D eigenvalue weighted by molar-refractivity contribution is 0.0243. The molecule has 0 saturated carbocycles. The molecule has 0 unspecified atom stereocenters. The van der Waals surface area contributed by atoms with Crippen LogP contribution < -0.4 is 9.64 Å². The minimum atomic E-state index is -0.940. The molecule has 1 saturated heterocycles. The number of ether oxygens (including phenoxy) is 4. The van der Waals surface area contributed by atoms with E-state index in [1.54, 1.807) is 53.7 Å². The third kappa shape index (κ3) is 6.88. The lowest BCUT2D eigenvalue weighted by Gasteiger charge is -2.28. The third-order valence-electron chi connectivity index (χ3n) is 5.16. The van der Waals surface area contributed by atoms with E-state index in [4.69, 9.17) is 18.9 Å². The fourth-order valence-corrected chi connectivity index (χ4v) is 3.56. The summed E-state index contributed by atoms with van der Waals surface area (Å²) in [6, 6.07) is 3.48. The van der Waals surface area contributed by atoms with Crippen molar-refractivity contribution in [3.8, 4) is 17.3 Å². The molecule has 0 spiro atoms. The molecule has 3 aromatic rings. The molecular weight excluding hydrogens is 492 g/mol. The number of amides is 2. The molecule has 12 nitrogen and oxygen atoms in total. The van der Waals surface area contributed by atoms with Gasteiger partial charge in [0.25, 0.3) is 0 Å². The van der Waals surface area contributed by atoms with Crippen LogP contribution in [0, 0.1) is 0 Å². The van der Waals surface area contributed by atoms with Crippen LogP contribution in [-0.4, -0.2) is 67.6 Å². The molecule has 3 aromatic heterocycles. The van der Waals surface area contributed by atoms with Crippen LogP contribution in [-0.2, 0) is 14.2 Å². The van der Waals surface area contributed by atoms with Crippen molar-refractivity contribution >= 4 is 29.0 Å². The van der Waals surface area contributed by atoms with Gasteiger partial charge >= 0.3 is 12.2 Å². The lowest BCUT2D eigenvalue weighted by atomic mass is 10.1. The molecule has 0 aliphatic carbocycles. The molecule has 0 bridgehead atoms. The Bertz CT molecular complexity index is 1290. The van der Waals surface area contributed by atoms with Crippen molar-refractivity contribution in [3.63, 3.8) is 0 Å². The maximum atomic E-state index is 13.0. The molecule has 2 amide bonds. The molecule has 4 heterocycles. The molecule has 4 rings (SSSR count). The number of aromatic nitrogens is 5. The number of imide groups is 1. The Morgan fingerprint density at radius 1 is 0.895 bits per heavy atom. The number of anilines is 1. The van der Waals surface area contributed by atoms with Crippen LogP contribution in [0.25, 0.3) is 22.4 Å². The van der Waals surface area contributed by atoms with E-state index in [2.05, 4.69) is 24.9 Å². The molecule has 0 radical (unpaired) electrons. The highest BCUT2D eigenvalue weighted by molar-refractivity contribution is 6.08. The summed E-state index contributed by atoms with van der Waals surface area (Å²) in [4.78, 5) is 48.7. The molecule has 12 heteroatoms. The number of carbonyl (C=O) groups excluding carboxylic acids is 2. The summed E-state index contributed by atoms with van der Waals surface area (Å²) in [6.45, 7) is 11.4. The minimum Gasteiger partial charge on any atom is -0.473 e. The molecule has 0 atom stereocenters. The summed E-state index contributed by atoms with van der Waals surface area (Å²) in [5.41, 5.74) is 0.0693. The molecule has 38 heavy (non-hydrogen) atoms. The Morgan fingerprint density at radius 3 is 2.18 bits per heavy atom. The summed E-state index contributed by atoms with van der Waals surface area (Å²) in [7, 11) is 0. The highest BCUT2D eigenvalue weighted by Crippen LogP contribution is 2.27. The first kappa shape index (κ1) is 27.1. The van der Waals surface area contributed by atoms with Gasteiger partial charge in [-0.3, -0.25) is 4.98 Å². The number of hydrogen-bond donors (Lipinski definition) is 0. The summed E-state index contributed by atoms with van der Waals surface area (Å²) < 4.78 is 22.4. The van der Waals surface area contributed by atoms with Crippen molar-refractivity contribution in [1.29, 1.82) is 0 Å². The van der Waals surface area contributed by atoms with Gasteiger partial charge in [0, 0.05) is 12.8 Å². The number of rotatable bonds is 4. The lowest BCUT2D eigenvalue weighted by Crippen LogP contribution is -2.44. The molecule has 1 fully saturated rings. The van der Waals surface area contributed by atoms with Crippen LogP contribution in [0.3, 0.4) is 0 Å². The van der Waals surface area contributed by atoms with E-state index < -0.39 is 23.4 Å². The summed E-state index contributed by atoms with van der Waals surface area (Å²) in [5, 5.41) is 0. The zero-order valence-electron chi connectivity index (χ0n) is 22.4. The maximum Gasteiger partial charge on any atom is 0.425 e. The first-order valence-corrected chi connectivity index (χ1v) is 12.3. The Balaban J connectivity index is 1.70. The molecule has 202 valence electrons. The minimum absolute atomic E-state index is 0.0355. The van der Waals surface area contributed by atoms with Crippen molar-refractivity contribution in [1.82, 2.24) is 24.9 Å². The van der Waals surface area contributed by atoms with Crippen LogP contribution in [0.4, 0.5) is 15.4 Å². The van der Waals surface area contributed by atoms with Crippen LogP contribution in [0.1, 0.15) is 54.4 Å². The first-order valence-electron chi connectivity index (χ1n) is 12.3. The van der Waals surface area contributed by atoms with Gasteiger partial charge in [-0.15, -0.1) is 0 Å². The third-order valence-corrected chi connectivity index (χ3v) is 5.16. The average molecular weight is 525 g/mol. The van der Waals surface area contributed by atoms with Crippen LogP contribution in [0.5, 0.6) is 5.88 Å². The Kier molecular flexibility index (Phi) is 7.72. The number of nitrogens with zero attached hydrogens (tertiary/aromatic N) is 6. The van der Waals surface area contributed by atoms with Crippen molar-refractivity contribution < 1.29 is 28.5 Å². The van der Waals surface area contributed by atoms with Gasteiger partial charge in [0.05, 0.1) is 36.8 Å². The topological polar surface area (TPSA) is 139 Å². The SMILES string of the molecule is CC(C)(C)OC(=O)N(C(=O)OC(C)(C)C)c1cncc(-c2ccc3ncnc(OC4CCOCC4)c3n2)n1. The van der Waals surface area contributed by atoms with Gasteiger partial charge in [-0.25, -0.2) is 24.5 Å². The van der Waals surface area contributed by atoms with E-state index in [0.29, 0.717) is 41.5 Å². The summed E-state index contributed by atoms with van der Waals surface area (Å²) in [6.07, 6.45) is 3.78. The van der Waals surface area contributed by atoms with Crippen molar-refractivity contribution in [2.75, 3.05) is 18.1 Å². The summed E-state index contributed by atoms with van der Waals surface area (Å²) >= 11 is 0. The van der Waals surface area contributed by atoms with Gasteiger partial charge in [-0.1, -0.05) is 0 Å².